The minimum Gasteiger partial charge on any atom is -0.377 e. The van der Waals surface area contributed by atoms with Crippen LogP contribution >= 0.6 is 11.5 Å². The number of hydrogen-bond donors (Lipinski definition) is 1. The van der Waals surface area contributed by atoms with Gasteiger partial charge in [0.25, 0.3) is 0 Å². The van der Waals surface area contributed by atoms with Gasteiger partial charge in [0.2, 0.25) is 5.91 Å². The average molecular weight is 292 g/mol. The highest BCUT2D eigenvalue weighted by Gasteiger charge is 2.26. The lowest BCUT2D eigenvalue weighted by atomic mass is 10.0. The molecule has 1 N–H and O–H groups in total. The van der Waals surface area contributed by atoms with Crippen molar-refractivity contribution in [3.63, 3.8) is 0 Å². The second-order valence-corrected chi connectivity index (χ2v) is 5.31. The number of benzene rings is 1. The zero-order valence-electron chi connectivity index (χ0n) is 10.9. The van der Waals surface area contributed by atoms with Crippen molar-refractivity contribution in [3.8, 4) is 0 Å². The van der Waals surface area contributed by atoms with Crippen LogP contribution in [0.1, 0.15) is 17.7 Å². The predicted octanol–water partition coefficient (Wildman–Crippen LogP) is 2.20. The molecular weight excluding hydrogens is 279 g/mol. The van der Waals surface area contributed by atoms with Gasteiger partial charge in [0.05, 0.1) is 12.2 Å². The topological polar surface area (TPSA) is 58.1 Å². The Bertz CT molecular complexity index is 658. The van der Waals surface area contributed by atoms with E-state index in [9.17, 15) is 9.18 Å². The summed E-state index contributed by atoms with van der Waals surface area (Å²) < 4.78 is 17.3. The van der Waals surface area contributed by atoms with Crippen LogP contribution in [0.25, 0.3) is 0 Å². The number of hydrogen-bond acceptors (Lipinski definition) is 5. The number of nitrogens with zero attached hydrogens (tertiary/aromatic N) is 3. The first-order chi connectivity index (χ1) is 9.69. The van der Waals surface area contributed by atoms with E-state index in [0.29, 0.717) is 30.8 Å². The van der Waals surface area contributed by atoms with Crippen LogP contribution in [0.2, 0.25) is 0 Å². The van der Waals surface area contributed by atoms with Crippen LogP contribution in [0.4, 0.5) is 15.1 Å². The Morgan fingerprint density at radius 2 is 2.30 bits per heavy atom. The standard InChI is InChI=1S/C13H13FN4OS/c1-15-13-10(16-17-20-13)7-18-11-6-9(14)4-2-8(11)3-5-12(18)19/h2,4,6,15H,3,5,7H2,1H3. The van der Waals surface area contributed by atoms with Crippen LogP contribution in [-0.2, 0) is 17.8 Å². The quantitative estimate of drug-likeness (QED) is 0.942. The summed E-state index contributed by atoms with van der Waals surface area (Å²) in [6, 6.07) is 4.57. The molecule has 1 aliphatic heterocycles. The van der Waals surface area contributed by atoms with Crippen LogP contribution in [0, 0.1) is 5.82 Å². The second kappa shape index (κ2) is 5.16. The number of carbonyl (C=O) groups excluding carboxylic acids is 1. The third-order valence-corrected chi connectivity index (χ3v) is 4.12. The molecule has 0 bridgehead atoms. The molecular formula is C13H13FN4OS. The average Bonchev–Trinajstić information content (AvgIpc) is 2.89. The van der Waals surface area contributed by atoms with Gasteiger partial charge in [-0.1, -0.05) is 10.6 Å². The molecule has 0 fully saturated rings. The number of amides is 1. The van der Waals surface area contributed by atoms with E-state index in [-0.39, 0.29) is 11.7 Å². The number of halogens is 1. The SMILES string of the molecule is CNc1snnc1CN1C(=O)CCc2ccc(F)cc21. The Kier molecular flexibility index (Phi) is 3.35. The lowest BCUT2D eigenvalue weighted by Gasteiger charge is -2.29. The van der Waals surface area contributed by atoms with Gasteiger partial charge in [-0.3, -0.25) is 4.79 Å². The summed E-state index contributed by atoms with van der Waals surface area (Å²) in [5.74, 6) is -0.355. The van der Waals surface area contributed by atoms with E-state index in [4.69, 9.17) is 0 Å². The predicted molar refractivity (Wildman–Crippen MR) is 75.4 cm³/mol. The number of aromatic nitrogens is 2. The van der Waals surface area contributed by atoms with Crippen molar-refractivity contribution in [1.82, 2.24) is 9.59 Å². The maximum absolute atomic E-state index is 13.4. The normalized spacial score (nSPS) is 14.3. The van der Waals surface area contributed by atoms with Crippen molar-refractivity contribution in [2.24, 2.45) is 0 Å². The van der Waals surface area contributed by atoms with Crippen molar-refractivity contribution in [1.29, 1.82) is 0 Å². The Labute approximate surface area is 119 Å². The molecule has 1 aliphatic rings. The van der Waals surface area contributed by atoms with Crippen molar-refractivity contribution in [2.45, 2.75) is 19.4 Å². The summed E-state index contributed by atoms with van der Waals surface area (Å²) >= 11 is 1.24. The minimum atomic E-state index is -0.339. The van der Waals surface area contributed by atoms with Crippen molar-refractivity contribution >= 4 is 28.1 Å². The van der Waals surface area contributed by atoms with E-state index in [2.05, 4.69) is 14.9 Å². The summed E-state index contributed by atoms with van der Waals surface area (Å²) in [4.78, 5) is 13.7. The summed E-state index contributed by atoms with van der Waals surface area (Å²) in [5, 5.41) is 7.85. The van der Waals surface area contributed by atoms with Gasteiger partial charge in [-0.05, 0) is 24.1 Å². The van der Waals surface area contributed by atoms with E-state index in [1.807, 2.05) is 0 Å². The fourth-order valence-corrected chi connectivity index (χ4v) is 2.86. The van der Waals surface area contributed by atoms with Crippen LogP contribution in [0.5, 0.6) is 0 Å². The van der Waals surface area contributed by atoms with Gasteiger partial charge in [0.15, 0.2) is 0 Å². The molecule has 0 spiro atoms. The van der Waals surface area contributed by atoms with Gasteiger partial charge >= 0.3 is 0 Å². The molecule has 5 nitrogen and oxygen atoms in total. The van der Waals surface area contributed by atoms with Gasteiger partial charge in [0, 0.05) is 25.0 Å². The van der Waals surface area contributed by atoms with E-state index >= 15 is 0 Å². The van der Waals surface area contributed by atoms with Gasteiger partial charge in [-0.15, -0.1) is 5.10 Å². The molecule has 2 heterocycles. The van der Waals surface area contributed by atoms with Gasteiger partial charge < -0.3 is 10.2 Å². The first-order valence-electron chi connectivity index (χ1n) is 6.27. The van der Waals surface area contributed by atoms with Crippen LogP contribution < -0.4 is 10.2 Å². The maximum Gasteiger partial charge on any atom is 0.227 e. The van der Waals surface area contributed by atoms with Crippen LogP contribution in [-0.4, -0.2) is 22.5 Å². The first kappa shape index (κ1) is 13.0. The molecule has 104 valence electrons. The monoisotopic (exact) mass is 292 g/mol. The lowest BCUT2D eigenvalue weighted by Crippen LogP contribution is -2.35. The maximum atomic E-state index is 13.4. The number of nitrogens with one attached hydrogen (secondary N) is 1. The number of aryl methyl sites for hydroxylation is 1. The van der Waals surface area contributed by atoms with E-state index in [0.717, 1.165) is 10.6 Å². The van der Waals surface area contributed by atoms with Gasteiger partial charge in [0.1, 0.15) is 16.5 Å². The molecule has 0 saturated carbocycles. The van der Waals surface area contributed by atoms with Crippen LogP contribution in [0.15, 0.2) is 18.2 Å². The van der Waals surface area contributed by atoms with Crippen molar-refractivity contribution < 1.29 is 9.18 Å². The number of anilines is 2. The minimum absolute atomic E-state index is 0.0156. The highest BCUT2D eigenvalue weighted by molar-refractivity contribution is 7.10. The highest BCUT2D eigenvalue weighted by atomic mass is 32.1. The Hall–Kier alpha value is -2.02. The largest absolute Gasteiger partial charge is 0.377 e. The smallest absolute Gasteiger partial charge is 0.227 e. The Morgan fingerprint density at radius 3 is 3.10 bits per heavy atom. The third kappa shape index (κ3) is 2.24. The van der Waals surface area contributed by atoms with E-state index < -0.39 is 0 Å². The number of fused-ring (bicyclic) bond motifs is 1. The van der Waals surface area contributed by atoms with E-state index in [1.54, 1.807) is 18.0 Å². The molecule has 0 unspecified atom stereocenters. The molecule has 0 aliphatic carbocycles. The fraction of sp³-hybridized carbons (Fsp3) is 0.308. The molecule has 1 amide bonds. The van der Waals surface area contributed by atoms with Gasteiger partial charge in [-0.25, -0.2) is 4.39 Å². The first-order valence-corrected chi connectivity index (χ1v) is 7.04. The van der Waals surface area contributed by atoms with E-state index in [1.165, 1.54) is 23.7 Å². The molecule has 3 rings (SSSR count). The molecule has 1 aromatic heterocycles. The Balaban J connectivity index is 1.97. The third-order valence-electron chi connectivity index (χ3n) is 3.34. The van der Waals surface area contributed by atoms with Crippen LogP contribution in [0.3, 0.4) is 0 Å². The molecule has 7 heteroatoms. The molecule has 1 aromatic carbocycles. The lowest BCUT2D eigenvalue weighted by molar-refractivity contribution is -0.119. The fourth-order valence-electron chi connectivity index (χ4n) is 2.34. The molecule has 0 saturated heterocycles. The molecule has 0 atom stereocenters. The van der Waals surface area contributed by atoms with Crippen molar-refractivity contribution in [3.05, 3.63) is 35.3 Å². The second-order valence-electron chi connectivity index (χ2n) is 4.55. The summed E-state index contributed by atoms with van der Waals surface area (Å²) in [5.41, 5.74) is 2.32. The zero-order chi connectivity index (χ0) is 14.1. The number of rotatable bonds is 3. The van der Waals surface area contributed by atoms with Gasteiger partial charge in [-0.2, -0.15) is 0 Å². The summed E-state index contributed by atoms with van der Waals surface area (Å²) in [6.45, 7) is 0.308. The Morgan fingerprint density at radius 1 is 1.45 bits per heavy atom. The zero-order valence-corrected chi connectivity index (χ0v) is 11.7. The summed E-state index contributed by atoms with van der Waals surface area (Å²) in [6.07, 6.45) is 1.09. The number of carbonyl (C=O) groups is 1. The molecule has 20 heavy (non-hydrogen) atoms. The van der Waals surface area contributed by atoms with Crippen molar-refractivity contribution in [2.75, 3.05) is 17.3 Å². The molecule has 0 radical (unpaired) electrons. The summed E-state index contributed by atoms with van der Waals surface area (Å²) in [7, 11) is 1.78. The molecule has 2 aromatic rings. The highest BCUT2D eigenvalue weighted by Crippen LogP contribution is 2.31.